The van der Waals surface area contributed by atoms with Crippen molar-refractivity contribution < 1.29 is 0 Å². The molecular formula is C14H23BrN2. The van der Waals surface area contributed by atoms with Gasteiger partial charge in [0, 0.05) is 23.8 Å². The highest BCUT2D eigenvalue weighted by molar-refractivity contribution is 9.10. The summed E-state index contributed by atoms with van der Waals surface area (Å²) in [4.78, 5) is 2.31. The Balaban J connectivity index is 2.75. The van der Waals surface area contributed by atoms with Crippen molar-refractivity contribution in [3.63, 3.8) is 0 Å². The summed E-state index contributed by atoms with van der Waals surface area (Å²) in [6.07, 6.45) is 2.15. The maximum absolute atomic E-state index is 5.58. The molecule has 0 aliphatic heterocycles. The summed E-state index contributed by atoms with van der Waals surface area (Å²) in [5.41, 5.74) is 8.13. The Bertz CT molecular complexity index is 352. The van der Waals surface area contributed by atoms with Crippen LogP contribution < -0.4 is 10.6 Å². The summed E-state index contributed by atoms with van der Waals surface area (Å²) >= 11 is 3.62. The molecule has 17 heavy (non-hydrogen) atoms. The molecule has 0 aliphatic rings. The fourth-order valence-electron chi connectivity index (χ4n) is 1.83. The third-order valence-corrected chi connectivity index (χ3v) is 3.91. The van der Waals surface area contributed by atoms with E-state index in [2.05, 4.69) is 59.9 Å². The van der Waals surface area contributed by atoms with Gasteiger partial charge in [-0.1, -0.05) is 42.3 Å². The number of hydrogen-bond acceptors (Lipinski definition) is 2. The lowest BCUT2D eigenvalue weighted by molar-refractivity contribution is 0.560. The van der Waals surface area contributed by atoms with Gasteiger partial charge in [0.05, 0.1) is 0 Å². The van der Waals surface area contributed by atoms with Gasteiger partial charge < -0.3 is 10.6 Å². The average molecular weight is 299 g/mol. The van der Waals surface area contributed by atoms with Crippen molar-refractivity contribution in [1.82, 2.24) is 0 Å². The van der Waals surface area contributed by atoms with E-state index in [1.807, 2.05) is 0 Å². The van der Waals surface area contributed by atoms with Gasteiger partial charge in [0.15, 0.2) is 0 Å². The van der Waals surface area contributed by atoms with Crippen LogP contribution in [0, 0.1) is 5.92 Å². The monoisotopic (exact) mass is 298 g/mol. The minimum absolute atomic E-state index is 0.695. The number of halogens is 1. The summed E-state index contributed by atoms with van der Waals surface area (Å²) in [6.45, 7) is 6.31. The van der Waals surface area contributed by atoms with Crippen molar-refractivity contribution >= 4 is 21.6 Å². The number of hydrogen-bond donors (Lipinski definition) is 1. The third kappa shape index (κ3) is 4.32. The zero-order valence-electron chi connectivity index (χ0n) is 11.0. The first kappa shape index (κ1) is 14.5. The van der Waals surface area contributed by atoms with Crippen LogP contribution in [0.5, 0.6) is 0 Å². The lowest BCUT2D eigenvalue weighted by Crippen LogP contribution is -2.23. The number of rotatable bonds is 6. The zero-order valence-corrected chi connectivity index (χ0v) is 12.6. The van der Waals surface area contributed by atoms with E-state index in [0.717, 1.165) is 23.4 Å². The maximum Gasteiger partial charge on any atom is 0.0375 e. The van der Waals surface area contributed by atoms with Gasteiger partial charge in [0.1, 0.15) is 0 Å². The first-order valence-corrected chi connectivity index (χ1v) is 7.07. The van der Waals surface area contributed by atoms with Crippen LogP contribution in [0.3, 0.4) is 0 Å². The molecule has 1 aromatic carbocycles. The van der Waals surface area contributed by atoms with Gasteiger partial charge in [0.2, 0.25) is 0 Å². The van der Waals surface area contributed by atoms with Crippen LogP contribution in [-0.4, -0.2) is 20.1 Å². The van der Waals surface area contributed by atoms with E-state index in [-0.39, 0.29) is 0 Å². The Morgan fingerprint density at radius 3 is 2.65 bits per heavy atom. The van der Waals surface area contributed by atoms with Crippen LogP contribution in [-0.2, 0) is 6.42 Å². The number of nitrogens with two attached hydrogens (primary N) is 1. The zero-order chi connectivity index (χ0) is 12.8. The van der Waals surface area contributed by atoms with E-state index in [1.165, 1.54) is 17.7 Å². The average Bonchev–Trinajstić information content (AvgIpc) is 2.31. The molecule has 3 heteroatoms. The van der Waals surface area contributed by atoms with E-state index in [1.54, 1.807) is 0 Å². The van der Waals surface area contributed by atoms with Gasteiger partial charge in [-0.15, -0.1) is 0 Å². The van der Waals surface area contributed by atoms with Crippen molar-refractivity contribution in [3.05, 3.63) is 28.2 Å². The number of anilines is 1. The molecule has 0 aromatic heterocycles. The molecular weight excluding hydrogens is 276 g/mol. The minimum atomic E-state index is 0.695. The Morgan fingerprint density at radius 2 is 2.12 bits per heavy atom. The fraction of sp³-hybridized carbons (Fsp3) is 0.571. The summed E-state index contributed by atoms with van der Waals surface area (Å²) in [7, 11) is 2.15. The largest absolute Gasteiger partial charge is 0.374 e. The second-order valence-corrected chi connectivity index (χ2v) is 5.56. The molecule has 0 spiro atoms. The Hall–Kier alpha value is -0.540. The van der Waals surface area contributed by atoms with Gasteiger partial charge in [0.25, 0.3) is 0 Å². The number of nitrogens with zero attached hydrogens (tertiary/aromatic N) is 1. The van der Waals surface area contributed by atoms with E-state index >= 15 is 0 Å². The van der Waals surface area contributed by atoms with Crippen molar-refractivity contribution in [3.8, 4) is 0 Å². The summed E-state index contributed by atoms with van der Waals surface area (Å²) in [5.74, 6) is 0.725. The smallest absolute Gasteiger partial charge is 0.0375 e. The van der Waals surface area contributed by atoms with Crippen LogP contribution in [0.15, 0.2) is 22.7 Å². The first-order chi connectivity index (χ1) is 8.08. The highest BCUT2D eigenvalue weighted by Crippen LogP contribution is 2.24. The molecule has 0 saturated carbocycles. The standard InChI is InChI=1S/C14H23BrN2/c1-4-11(2)10-17(3)13-6-5-12(7-8-16)14(15)9-13/h5-6,9,11H,4,7-8,10,16H2,1-3H3. The lowest BCUT2D eigenvalue weighted by Gasteiger charge is -2.23. The normalized spacial score (nSPS) is 12.5. The van der Waals surface area contributed by atoms with Crippen molar-refractivity contribution in [2.45, 2.75) is 26.7 Å². The highest BCUT2D eigenvalue weighted by atomic mass is 79.9. The molecule has 0 bridgehead atoms. The molecule has 0 radical (unpaired) electrons. The van der Waals surface area contributed by atoms with Crippen LogP contribution >= 0.6 is 15.9 Å². The molecule has 2 N–H and O–H groups in total. The summed E-state index contributed by atoms with van der Waals surface area (Å²) in [5, 5.41) is 0. The predicted molar refractivity (Wildman–Crippen MR) is 79.6 cm³/mol. The molecule has 0 saturated heterocycles. The molecule has 1 aromatic rings. The van der Waals surface area contributed by atoms with Gasteiger partial charge in [-0.25, -0.2) is 0 Å². The Morgan fingerprint density at radius 1 is 1.41 bits per heavy atom. The van der Waals surface area contributed by atoms with Gasteiger partial charge in [-0.3, -0.25) is 0 Å². The summed E-state index contributed by atoms with van der Waals surface area (Å²) < 4.78 is 1.16. The molecule has 2 nitrogen and oxygen atoms in total. The van der Waals surface area contributed by atoms with Gasteiger partial charge in [-0.05, 0) is 36.6 Å². The first-order valence-electron chi connectivity index (χ1n) is 6.28. The second kappa shape index (κ2) is 7.02. The van der Waals surface area contributed by atoms with E-state index < -0.39 is 0 Å². The third-order valence-electron chi connectivity index (χ3n) is 3.17. The van der Waals surface area contributed by atoms with Crippen LogP contribution in [0.2, 0.25) is 0 Å². The Labute approximate surface area is 113 Å². The predicted octanol–water partition coefficient (Wildman–Crippen LogP) is 3.43. The Kier molecular flexibility index (Phi) is 6.00. The molecule has 96 valence electrons. The van der Waals surface area contributed by atoms with E-state index in [4.69, 9.17) is 5.73 Å². The molecule has 1 atom stereocenters. The molecule has 0 heterocycles. The highest BCUT2D eigenvalue weighted by Gasteiger charge is 2.07. The van der Waals surface area contributed by atoms with Gasteiger partial charge >= 0.3 is 0 Å². The molecule has 0 aliphatic carbocycles. The second-order valence-electron chi connectivity index (χ2n) is 4.71. The van der Waals surface area contributed by atoms with Gasteiger partial charge in [-0.2, -0.15) is 0 Å². The number of benzene rings is 1. The van der Waals surface area contributed by atoms with Crippen LogP contribution in [0.1, 0.15) is 25.8 Å². The quantitative estimate of drug-likeness (QED) is 0.872. The van der Waals surface area contributed by atoms with Crippen molar-refractivity contribution in [2.75, 3.05) is 25.0 Å². The van der Waals surface area contributed by atoms with Crippen molar-refractivity contribution in [1.29, 1.82) is 0 Å². The maximum atomic E-state index is 5.58. The molecule has 1 rings (SSSR count). The van der Waals surface area contributed by atoms with E-state index in [0.29, 0.717) is 6.54 Å². The molecule has 0 amide bonds. The molecule has 0 fully saturated rings. The van der Waals surface area contributed by atoms with E-state index in [9.17, 15) is 0 Å². The van der Waals surface area contributed by atoms with Crippen molar-refractivity contribution in [2.24, 2.45) is 11.7 Å². The summed E-state index contributed by atoms with van der Waals surface area (Å²) in [6, 6.07) is 6.53. The lowest BCUT2D eigenvalue weighted by atomic mass is 10.1. The SMILES string of the molecule is CCC(C)CN(C)c1ccc(CCN)c(Br)c1. The van der Waals surface area contributed by atoms with Crippen LogP contribution in [0.4, 0.5) is 5.69 Å². The van der Waals surface area contributed by atoms with Crippen LogP contribution in [0.25, 0.3) is 0 Å². The topological polar surface area (TPSA) is 29.3 Å². The fourth-order valence-corrected chi connectivity index (χ4v) is 2.40. The minimum Gasteiger partial charge on any atom is -0.374 e. The molecule has 1 unspecified atom stereocenters.